The Bertz CT molecular complexity index is 1580. The van der Waals surface area contributed by atoms with Gasteiger partial charge >= 0.3 is 5.97 Å². The molecule has 0 saturated heterocycles. The number of carbonyl (C=O) groups is 2. The Morgan fingerprint density at radius 2 is 1.85 bits per heavy atom. The molecule has 7 nitrogen and oxygen atoms in total. The van der Waals surface area contributed by atoms with Crippen LogP contribution in [0.5, 0.6) is 5.88 Å². The lowest BCUT2D eigenvalue weighted by molar-refractivity contribution is -0.155. The van der Waals surface area contributed by atoms with Crippen LogP contribution in [0.1, 0.15) is 61.5 Å². The number of aliphatic carboxylic acids is 1. The molecular formula is C32H32FN3O4. The van der Waals surface area contributed by atoms with Gasteiger partial charge in [-0.15, -0.1) is 0 Å². The van der Waals surface area contributed by atoms with Gasteiger partial charge < -0.3 is 19.7 Å². The highest BCUT2D eigenvalue weighted by molar-refractivity contribution is 6.06. The van der Waals surface area contributed by atoms with Gasteiger partial charge in [-0.3, -0.25) is 9.59 Å². The number of carbonyl (C=O) groups excluding carboxylic acids is 1. The second kappa shape index (κ2) is 10.1. The third-order valence-corrected chi connectivity index (χ3v) is 8.64. The number of carboxylic acids is 1. The fraction of sp³-hybridized carbons (Fsp3) is 0.344. The van der Waals surface area contributed by atoms with Crippen LogP contribution in [-0.2, 0) is 4.79 Å². The molecule has 206 valence electrons. The molecule has 2 N–H and O–H groups in total. The number of hydrogen-bond acceptors (Lipinski definition) is 4. The van der Waals surface area contributed by atoms with E-state index in [9.17, 15) is 19.1 Å². The predicted octanol–water partition coefficient (Wildman–Crippen LogP) is 6.22. The third kappa shape index (κ3) is 4.61. The maximum Gasteiger partial charge on any atom is 0.306 e. The second-order valence-corrected chi connectivity index (χ2v) is 11.2. The number of halogens is 1. The van der Waals surface area contributed by atoms with Crippen molar-refractivity contribution in [2.75, 3.05) is 6.61 Å². The monoisotopic (exact) mass is 541 g/mol. The molecular weight excluding hydrogens is 509 g/mol. The van der Waals surface area contributed by atoms with E-state index < -0.39 is 5.97 Å². The van der Waals surface area contributed by atoms with Crippen molar-refractivity contribution in [3.63, 3.8) is 0 Å². The number of nitrogens with one attached hydrogen (secondary N) is 1. The van der Waals surface area contributed by atoms with E-state index >= 15 is 0 Å². The van der Waals surface area contributed by atoms with E-state index in [0.717, 1.165) is 29.5 Å². The smallest absolute Gasteiger partial charge is 0.306 e. The number of ether oxygens (including phenoxy) is 1. The standard InChI is InChI=1S/C32H32FN3O4/c1-3-40-28-14-22(10-12-34-28)21-6-4-20(5-7-21)19(2)36-13-11-25-27(33)9-8-26(29(25)36)30(37)35-24-17-32(18-24)15-23(16-32)31(38)39/h4-14,19,23-24H,3,15-18H2,1-2H3,(H,35,37)(H,38,39). The summed E-state index contributed by atoms with van der Waals surface area (Å²) < 4.78 is 22.3. The highest BCUT2D eigenvalue weighted by Crippen LogP contribution is 2.58. The molecule has 1 atom stereocenters. The summed E-state index contributed by atoms with van der Waals surface area (Å²) in [7, 11) is 0. The van der Waals surface area contributed by atoms with Gasteiger partial charge in [0, 0.05) is 29.9 Å². The van der Waals surface area contributed by atoms with Gasteiger partial charge in [0.1, 0.15) is 5.82 Å². The molecule has 2 aliphatic carbocycles. The third-order valence-electron chi connectivity index (χ3n) is 8.64. The quantitative estimate of drug-likeness (QED) is 0.276. The van der Waals surface area contributed by atoms with Gasteiger partial charge in [-0.25, -0.2) is 9.37 Å². The molecule has 40 heavy (non-hydrogen) atoms. The lowest BCUT2D eigenvalue weighted by Crippen LogP contribution is -2.57. The zero-order valence-corrected chi connectivity index (χ0v) is 22.6. The van der Waals surface area contributed by atoms with Crippen molar-refractivity contribution >= 4 is 22.8 Å². The van der Waals surface area contributed by atoms with Gasteiger partial charge in [-0.2, -0.15) is 0 Å². The van der Waals surface area contributed by atoms with Crippen molar-refractivity contribution in [1.29, 1.82) is 0 Å². The molecule has 4 aromatic rings. The number of amides is 1. The lowest BCUT2D eigenvalue weighted by atomic mass is 9.50. The summed E-state index contributed by atoms with van der Waals surface area (Å²) in [6, 6.07) is 16.5. The Labute approximate surface area is 232 Å². The van der Waals surface area contributed by atoms with Crippen LogP contribution in [-0.4, -0.2) is 39.2 Å². The molecule has 2 saturated carbocycles. The maximum absolute atomic E-state index is 14.8. The number of aromatic nitrogens is 2. The van der Waals surface area contributed by atoms with E-state index in [2.05, 4.69) is 10.3 Å². The number of fused-ring (bicyclic) bond motifs is 1. The molecule has 2 heterocycles. The van der Waals surface area contributed by atoms with Gasteiger partial charge in [0.2, 0.25) is 5.88 Å². The lowest BCUT2D eigenvalue weighted by Gasteiger charge is -2.56. The van der Waals surface area contributed by atoms with Crippen LogP contribution in [0.15, 0.2) is 67.0 Å². The Balaban J connectivity index is 1.21. The van der Waals surface area contributed by atoms with Gasteiger partial charge in [-0.1, -0.05) is 24.3 Å². The summed E-state index contributed by atoms with van der Waals surface area (Å²) in [5.41, 5.74) is 4.11. The summed E-state index contributed by atoms with van der Waals surface area (Å²) in [6.07, 6.45) is 6.51. The van der Waals surface area contributed by atoms with Gasteiger partial charge in [0.15, 0.2) is 0 Å². The first-order chi connectivity index (χ1) is 19.3. The van der Waals surface area contributed by atoms with Crippen LogP contribution in [0.3, 0.4) is 0 Å². The highest BCUT2D eigenvalue weighted by atomic mass is 19.1. The van der Waals surface area contributed by atoms with Gasteiger partial charge in [0.05, 0.1) is 29.6 Å². The van der Waals surface area contributed by atoms with Crippen LogP contribution in [0.2, 0.25) is 0 Å². The number of hydrogen-bond donors (Lipinski definition) is 2. The van der Waals surface area contributed by atoms with Crippen molar-refractivity contribution in [2.24, 2.45) is 11.3 Å². The minimum absolute atomic E-state index is 0.00663. The second-order valence-electron chi connectivity index (χ2n) is 11.2. The normalized spacial score (nSPS) is 22.4. The zero-order valence-electron chi connectivity index (χ0n) is 22.6. The number of rotatable bonds is 8. The largest absolute Gasteiger partial charge is 0.481 e. The zero-order chi connectivity index (χ0) is 28.0. The molecule has 8 heteroatoms. The van der Waals surface area contributed by atoms with E-state index in [1.165, 1.54) is 6.07 Å². The van der Waals surface area contributed by atoms with E-state index in [1.54, 1.807) is 18.3 Å². The first-order valence-corrected chi connectivity index (χ1v) is 13.8. The van der Waals surface area contributed by atoms with Gasteiger partial charge in [0.25, 0.3) is 5.91 Å². The average molecular weight is 542 g/mol. The predicted molar refractivity (Wildman–Crippen MR) is 150 cm³/mol. The van der Waals surface area contributed by atoms with Crippen LogP contribution in [0.25, 0.3) is 22.0 Å². The summed E-state index contributed by atoms with van der Waals surface area (Å²) in [4.78, 5) is 28.8. The topological polar surface area (TPSA) is 93.5 Å². The molecule has 1 amide bonds. The average Bonchev–Trinajstić information content (AvgIpc) is 3.35. The van der Waals surface area contributed by atoms with Crippen molar-refractivity contribution < 1.29 is 23.8 Å². The van der Waals surface area contributed by atoms with Crippen molar-refractivity contribution in [2.45, 2.75) is 51.6 Å². The molecule has 0 bridgehead atoms. The summed E-state index contributed by atoms with van der Waals surface area (Å²) in [5.74, 6) is -1.01. The van der Waals surface area contributed by atoms with Crippen LogP contribution in [0.4, 0.5) is 4.39 Å². The minimum atomic E-state index is -0.732. The molecule has 0 aliphatic heterocycles. The molecule has 2 aromatic carbocycles. The Kier molecular flexibility index (Phi) is 6.56. The molecule has 0 radical (unpaired) electrons. The van der Waals surface area contributed by atoms with Crippen molar-refractivity contribution in [1.82, 2.24) is 14.9 Å². The molecule has 2 aliphatic rings. The minimum Gasteiger partial charge on any atom is -0.481 e. The summed E-state index contributed by atoms with van der Waals surface area (Å²) in [5, 5.41) is 12.7. The summed E-state index contributed by atoms with van der Waals surface area (Å²) >= 11 is 0. The van der Waals surface area contributed by atoms with Crippen LogP contribution < -0.4 is 10.1 Å². The van der Waals surface area contributed by atoms with Crippen molar-refractivity contribution in [3.8, 4) is 17.0 Å². The molecule has 2 aromatic heterocycles. The van der Waals surface area contributed by atoms with E-state index in [1.807, 2.05) is 61.0 Å². The Hall–Kier alpha value is -4.20. The summed E-state index contributed by atoms with van der Waals surface area (Å²) in [6.45, 7) is 4.50. The fourth-order valence-electron chi connectivity index (χ4n) is 6.53. The Morgan fingerprint density at radius 3 is 2.55 bits per heavy atom. The first kappa shape index (κ1) is 26.0. The molecule has 2 fully saturated rings. The van der Waals surface area contributed by atoms with Crippen LogP contribution >= 0.6 is 0 Å². The maximum atomic E-state index is 14.8. The highest BCUT2D eigenvalue weighted by Gasteiger charge is 2.55. The van der Waals surface area contributed by atoms with E-state index in [4.69, 9.17) is 4.74 Å². The number of carboxylic acid groups (broad SMARTS) is 1. The number of pyridine rings is 1. The number of nitrogens with zero attached hydrogens (tertiary/aromatic N) is 2. The van der Waals surface area contributed by atoms with Crippen molar-refractivity contribution in [3.05, 3.63) is 83.9 Å². The molecule has 1 unspecified atom stereocenters. The van der Waals surface area contributed by atoms with Crippen LogP contribution in [0, 0.1) is 17.2 Å². The molecule has 1 spiro atoms. The SMILES string of the molecule is CCOc1cc(-c2ccc(C(C)n3ccc4c(F)ccc(C(=O)NC5CC6(C5)CC(C(=O)O)C6)c43)cc2)ccn1. The van der Waals surface area contributed by atoms with E-state index in [0.29, 0.717) is 41.8 Å². The van der Waals surface area contributed by atoms with E-state index in [-0.39, 0.29) is 35.1 Å². The fourth-order valence-corrected chi connectivity index (χ4v) is 6.53. The molecule has 6 rings (SSSR count). The first-order valence-electron chi connectivity index (χ1n) is 13.8. The van der Waals surface area contributed by atoms with Gasteiger partial charge in [-0.05, 0) is 85.9 Å². The number of benzene rings is 2. The Morgan fingerprint density at radius 1 is 1.10 bits per heavy atom.